The number of rotatable bonds is 3. The second-order valence-electron chi connectivity index (χ2n) is 3.98. The molecule has 15 heavy (non-hydrogen) atoms. The molecule has 0 radical (unpaired) electrons. The van der Waals surface area contributed by atoms with E-state index < -0.39 is 0 Å². The Morgan fingerprint density at radius 2 is 2.33 bits per heavy atom. The van der Waals surface area contributed by atoms with Crippen molar-refractivity contribution in [3.05, 3.63) is 24.2 Å². The molecule has 0 fully saturated rings. The van der Waals surface area contributed by atoms with Crippen LogP contribution in [0.3, 0.4) is 0 Å². The first kappa shape index (κ1) is 10.1. The van der Waals surface area contributed by atoms with Crippen LogP contribution < -0.4 is 5.73 Å². The highest BCUT2D eigenvalue weighted by atomic mass is 15.1. The molecule has 0 saturated heterocycles. The second-order valence-corrected chi connectivity index (χ2v) is 3.98. The number of imidazole rings is 1. The average molecular weight is 204 g/mol. The number of hydrogen-bond donors (Lipinski definition) is 1. The predicted octanol–water partition coefficient (Wildman–Crippen LogP) is 1.11. The van der Waals surface area contributed by atoms with Crippen molar-refractivity contribution in [1.29, 1.82) is 0 Å². The smallest absolute Gasteiger partial charge is 0.177 e. The maximum Gasteiger partial charge on any atom is 0.177 e. The van der Waals surface area contributed by atoms with Gasteiger partial charge in [0.1, 0.15) is 5.82 Å². The summed E-state index contributed by atoms with van der Waals surface area (Å²) in [6.07, 6.45) is 2.68. The number of nitrogens with zero attached hydrogens (tertiary/aromatic N) is 3. The largest absolute Gasteiger partial charge is 0.330 e. The summed E-state index contributed by atoms with van der Waals surface area (Å²) in [5, 5.41) is 0. The Morgan fingerprint density at radius 3 is 3.00 bits per heavy atom. The van der Waals surface area contributed by atoms with Crippen LogP contribution >= 0.6 is 0 Å². The topological polar surface area (TPSA) is 56.7 Å². The van der Waals surface area contributed by atoms with E-state index in [4.69, 9.17) is 5.73 Å². The predicted molar refractivity (Wildman–Crippen MR) is 60.4 cm³/mol. The zero-order chi connectivity index (χ0) is 10.8. The van der Waals surface area contributed by atoms with Gasteiger partial charge in [-0.1, -0.05) is 6.92 Å². The lowest BCUT2D eigenvalue weighted by Crippen LogP contribution is -2.15. The Morgan fingerprint density at radius 1 is 1.53 bits per heavy atom. The van der Waals surface area contributed by atoms with Crippen LogP contribution in [0.1, 0.15) is 12.7 Å². The van der Waals surface area contributed by atoms with Crippen LogP contribution in [-0.4, -0.2) is 21.1 Å². The van der Waals surface area contributed by atoms with Crippen LogP contribution in [0.25, 0.3) is 11.2 Å². The molecule has 0 aliphatic heterocycles. The van der Waals surface area contributed by atoms with Gasteiger partial charge in [-0.2, -0.15) is 0 Å². The van der Waals surface area contributed by atoms with E-state index in [2.05, 4.69) is 21.5 Å². The molecule has 2 N–H and O–H groups in total. The fraction of sp³-hybridized carbons (Fsp3) is 0.455. The van der Waals surface area contributed by atoms with Crippen molar-refractivity contribution in [3.63, 3.8) is 0 Å². The van der Waals surface area contributed by atoms with Crippen LogP contribution in [0, 0.1) is 5.92 Å². The van der Waals surface area contributed by atoms with Crippen molar-refractivity contribution in [2.24, 2.45) is 18.7 Å². The van der Waals surface area contributed by atoms with Gasteiger partial charge in [0, 0.05) is 19.7 Å². The van der Waals surface area contributed by atoms with Crippen molar-refractivity contribution in [1.82, 2.24) is 14.5 Å². The highest BCUT2D eigenvalue weighted by molar-refractivity contribution is 5.71. The van der Waals surface area contributed by atoms with E-state index in [1.807, 2.05) is 19.2 Å². The van der Waals surface area contributed by atoms with Gasteiger partial charge >= 0.3 is 0 Å². The first-order valence-electron chi connectivity index (χ1n) is 5.18. The maximum atomic E-state index is 5.61. The van der Waals surface area contributed by atoms with Gasteiger partial charge in [-0.15, -0.1) is 0 Å². The molecule has 0 amide bonds. The molecule has 2 rings (SSSR count). The van der Waals surface area contributed by atoms with E-state index in [-0.39, 0.29) is 0 Å². The molecular formula is C11H16N4. The standard InChI is InChI=1S/C11H16N4/c1-8(7-12)6-10-14-11-9(15(10)2)4-3-5-13-11/h3-5,8H,6-7,12H2,1-2H3. The van der Waals surface area contributed by atoms with Crippen LogP contribution in [0.2, 0.25) is 0 Å². The Balaban J connectivity index is 2.40. The van der Waals surface area contributed by atoms with Gasteiger partial charge in [0.2, 0.25) is 0 Å². The molecule has 1 atom stereocenters. The monoisotopic (exact) mass is 204 g/mol. The molecule has 0 bridgehead atoms. The minimum Gasteiger partial charge on any atom is -0.330 e. The lowest BCUT2D eigenvalue weighted by Gasteiger charge is -2.07. The summed E-state index contributed by atoms with van der Waals surface area (Å²) >= 11 is 0. The Bertz CT molecular complexity index is 461. The van der Waals surface area contributed by atoms with Gasteiger partial charge in [0.05, 0.1) is 5.52 Å². The summed E-state index contributed by atoms with van der Waals surface area (Å²) in [5.74, 6) is 1.52. The summed E-state index contributed by atoms with van der Waals surface area (Å²) in [7, 11) is 2.02. The minimum absolute atomic E-state index is 0.459. The Kier molecular flexibility index (Phi) is 2.68. The molecule has 0 aliphatic rings. The van der Waals surface area contributed by atoms with Crippen LogP contribution in [0.4, 0.5) is 0 Å². The number of aromatic nitrogens is 3. The number of hydrogen-bond acceptors (Lipinski definition) is 3. The van der Waals surface area contributed by atoms with Crippen molar-refractivity contribution in [3.8, 4) is 0 Å². The number of nitrogens with two attached hydrogens (primary N) is 1. The molecule has 0 aliphatic carbocycles. The van der Waals surface area contributed by atoms with Gasteiger partial charge in [0.15, 0.2) is 5.65 Å². The lowest BCUT2D eigenvalue weighted by molar-refractivity contribution is 0.563. The van der Waals surface area contributed by atoms with Crippen molar-refractivity contribution >= 4 is 11.2 Å². The first-order valence-corrected chi connectivity index (χ1v) is 5.18. The molecule has 2 aromatic rings. The molecule has 4 nitrogen and oxygen atoms in total. The summed E-state index contributed by atoms with van der Waals surface area (Å²) in [6, 6.07) is 3.96. The number of fused-ring (bicyclic) bond motifs is 1. The summed E-state index contributed by atoms with van der Waals surface area (Å²) in [6.45, 7) is 2.82. The molecule has 4 heteroatoms. The average Bonchev–Trinajstić information content (AvgIpc) is 2.57. The van der Waals surface area contributed by atoms with Crippen molar-refractivity contribution in [2.45, 2.75) is 13.3 Å². The molecule has 80 valence electrons. The third-order valence-corrected chi connectivity index (χ3v) is 2.68. The minimum atomic E-state index is 0.459. The van der Waals surface area contributed by atoms with E-state index in [1.165, 1.54) is 0 Å². The fourth-order valence-corrected chi connectivity index (χ4v) is 1.65. The molecule has 2 heterocycles. The molecule has 1 unspecified atom stereocenters. The van der Waals surface area contributed by atoms with Gasteiger partial charge in [0.25, 0.3) is 0 Å². The lowest BCUT2D eigenvalue weighted by atomic mass is 10.1. The van der Waals surface area contributed by atoms with E-state index in [0.717, 1.165) is 23.4 Å². The zero-order valence-corrected chi connectivity index (χ0v) is 9.14. The zero-order valence-electron chi connectivity index (χ0n) is 9.14. The maximum absolute atomic E-state index is 5.61. The normalized spacial score (nSPS) is 13.3. The molecule has 0 saturated carbocycles. The van der Waals surface area contributed by atoms with E-state index in [1.54, 1.807) is 6.20 Å². The Hall–Kier alpha value is -1.42. The second kappa shape index (κ2) is 3.98. The van der Waals surface area contributed by atoms with Gasteiger partial charge in [-0.3, -0.25) is 0 Å². The fourth-order valence-electron chi connectivity index (χ4n) is 1.65. The highest BCUT2D eigenvalue weighted by Gasteiger charge is 2.10. The highest BCUT2D eigenvalue weighted by Crippen LogP contribution is 2.14. The first-order chi connectivity index (χ1) is 7.22. The summed E-state index contributed by atoms with van der Waals surface area (Å²) in [4.78, 5) is 8.73. The quantitative estimate of drug-likeness (QED) is 0.814. The van der Waals surface area contributed by atoms with Crippen molar-refractivity contribution < 1.29 is 0 Å². The van der Waals surface area contributed by atoms with Gasteiger partial charge in [-0.05, 0) is 24.6 Å². The molecule has 0 spiro atoms. The molecular weight excluding hydrogens is 188 g/mol. The van der Waals surface area contributed by atoms with E-state index >= 15 is 0 Å². The third kappa shape index (κ3) is 1.85. The summed E-state index contributed by atoms with van der Waals surface area (Å²) in [5.41, 5.74) is 7.51. The Labute approximate surface area is 89.1 Å². The number of aryl methyl sites for hydroxylation is 1. The van der Waals surface area contributed by atoms with Crippen molar-refractivity contribution in [2.75, 3.05) is 6.54 Å². The van der Waals surface area contributed by atoms with E-state index in [0.29, 0.717) is 12.5 Å². The molecule has 0 aromatic carbocycles. The van der Waals surface area contributed by atoms with Crippen LogP contribution in [0.5, 0.6) is 0 Å². The van der Waals surface area contributed by atoms with Crippen LogP contribution in [-0.2, 0) is 13.5 Å². The molecule has 2 aromatic heterocycles. The number of pyridine rings is 1. The third-order valence-electron chi connectivity index (χ3n) is 2.68. The summed E-state index contributed by atoms with van der Waals surface area (Å²) < 4.78 is 2.09. The van der Waals surface area contributed by atoms with Gasteiger partial charge < -0.3 is 10.3 Å². The SMILES string of the molecule is CC(CN)Cc1nc2ncccc2n1C. The van der Waals surface area contributed by atoms with Gasteiger partial charge in [-0.25, -0.2) is 9.97 Å². The van der Waals surface area contributed by atoms with Crippen LogP contribution in [0.15, 0.2) is 18.3 Å². The van der Waals surface area contributed by atoms with E-state index in [9.17, 15) is 0 Å².